The fraction of sp³-hybridized carbons (Fsp3) is 0.318. The molecule has 0 unspecified atom stereocenters. The van der Waals surface area contributed by atoms with Gasteiger partial charge in [0.15, 0.2) is 10.8 Å². The number of hydrogen-bond donors (Lipinski definition) is 2. The molecule has 0 aliphatic heterocycles. The maximum Gasteiger partial charge on any atom is 0.234 e. The summed E-state index contributed by atoms with van der Waals surface area (Å²) in [6.07, 6.45) is 6.78. The van der Waals surface area contributed by atoms with Gasteiger partial charge in [0.1, 0.15) is 11.2 Å². The number of thiophene rings is 1. The number of anilines is 2. The lowest BCUT2D eigenvalue weighted by atomic mass is 9.97. The van der Waals surface area contributed by atoms with Crippen LogP contribution in [-0.4, -0.2) is 37.1 Å². The van der Waals surface area contributed by atoms with Gasteiger partial charge >= 0.3 is 0 Å². The second kappa shape index (κ2) is 8.87. The van der Waals surface area contributed by atoms with Gasteiger partial charge in [-0.1, -0.05) is 18.7 Å². The molecule has 3 aromatic heterocycles. The number of hydrogen-bond acceptors (Lipinski definition) is 7. The molecule has 1 aromatic carbocycles. The Kier molecular flexibility index (Phi) is 5.79. The first-order valence-electron chi connectivity index (χ1n) is 10.6. The molecular weight excluding hydrogens is 444 g/mol. The molecule has 1 aliphatic carbocycles. The number of carbonyl (C=O) groups is 2. The van der Waals surface area contributed by atoms with Crippen molar-refractivity contribution in [3.8, 4) is 0 Å². The van der Waals surface area contributed by atoms with E-state index < -0.39 is 0 Å². The number of fused-ring (bicyclic) bond motifs is 5. The van der Waals surface area contributed by atoms with Crippen molar-refractivity contribution in [2.75, 3.05) is 16.4 Å². The largest absolute Gasteiger partial charge is 0.326 e. The summed E-state index contributed by atoms with van der Waals surface area (Å²) in [6.45, 7) is 1.80. The fourth-order valence-electron chi connectivity index (χ4n) is 3.85. The molecule has 164 valence electrons. The Hall–Kier alpha value is -2.98. The van der Waals surface area contributed by atoms with Gasteiger partial charge in [-0.05, 0) is 55.5 Å². The zero-order valence-electron chi connectivity index (χ0n) is 17.6. The van der Waals surface area contributed by atoms with Gasteiger partial charge in [0.25, 0.3) is 0 Å². The van der Waals surface area contributed by atoms with E-state index in [0.29, 0.717) is 23.0 Å². The SMILES string of the molecule is CCC(=O)Nc1ccc(NC(=O)CSc2nnc3c4c5c(sc4ncn23)CCCC5)cc1. The van der Waals surface area contributed by atoms with Gasteiger partial charge in [0, 0.05) is 22.7 Å². The van der Waals surface area contributed by atoms with Crippen molar-refractivity contribution < 1.29 is 9.59 Å². The van der Waals surface area contributed by atoms with E-state index in [0.717, 1.165) is 28.7 Å². The predicted octanol–water partition coefficient (Wildman–Crippen LogP) is 4.30. The topological polar surface area (TPSA) is 101 Å². The van der Waals surface area contributed by atoms with E-state index in [4.69, 9.17) is 0 Å². The van der Waals surface area contributed by atoms with Crippen LogP contribution in [0.4, 0.5) is 11.4 Å². The van der Waals surface area contributed by atoms with Crippen LogP contribution in [0.5, 0.6) is 0 Å². The summed E-state index contributed by atoms with van der Waals surface area (Å²) in [5.41, 5.74) is 3.56. The van der Waals surface area contributed by atoms with Crippen molar-refractivity contribution in [3.63, 3.8) is 0 Å². The van der Waals surface area contributed by atoms with E-state index in [-0.39, 0.29) is 17.6 Å². The van der Waals surface area contributed by atoms with Crippen molar-refractivity contribution in [1.82, 2.24) is 19.6 Å². The zero-order valence-corrected chi connectivity index (χ0v) is 19.2. The first-order chi connectivity index (χ1) is 15.6. The Morgan fingerprint density at radius 2 is 1.78 bits per heavy atom. The molecule has 4 aromatic rings. The molecule has 0 fully saturated rings. The average molecular weight is 467 g/mol. The number of amides is 2. The van der Waals surface area contributed by atoms with E-state index in [2.05, 4.69) is 25.8 Å². The third kappa shape index (κ3) is 4.07. The smallest absolute Gasteiger partial charge is 0.234 e. The van der Waals surface area contributed by atoms with Gasteiger partial charge in [-0.15, -0.1) is 21.5 Å². The Bertz CT molecular complexity index is 1310. The van der Waals surface area contributed by atoms with Crippen molar-refractivity contribution in [2.24, 2.45) is 0 Å². The summed E-state index contributed by atoms with van der Waals surface area (Å²) in [4.78, 5) is 31.0. The Labute approximate surface area is 192 Å². The highest BCUT2D eigenvalue weighted by Crippen LogP contribution is 2.37. The predicted molar refractivity (Wildman–Crippen MR) is 128 cm³/mol. The lowest BCUT2D eigenvalue weighted by molar-refractivity contribution is -0.116. The van der Waals surface area contributed by atoms with E-state index in [1.54, 1.807) is 48.9 Å². The van der Waals surface area contributed by atoms with Gasteiger partial charge < -0.3 is 10.6 Å². The van der Waals surface area contributed by atoms with Crippen molar-refractivity contribution >= 4 is 62.2 Å². The van der Waals surface area contributed by atoms with Crippen LogP contribution in [0.25, 0.3) is 15.9 Å². The quantitative estimate of drug-likeness (QED) is 0.411. The minimum Gasteiger partial charge on any atom is -0.326 e. The van der Waals surface area contributed by atoms with Gasteiger partial charge in [0.05, 0.1) is 11.1 Å². The molecule has 1 aliphatic rings. The normalized spacial score (nSPS) is 13.3. The van der Waals surface area contributed by atoms with Crippen molar-refractivity contribution in [3.05, 3.63) is 41.0 Å². The molecule has 2 amide bonds. The second-order valence-electron chi connectivity index (χ2n) is 7.63. The number of rotatable bonds is 6. The summed E-state index contributed by atoms with van der Waals surface area (Å²) >= 11 is 3.09. The maximum absolute atomic E-state index is 12.4. The Morgan fingerprint density at radius 1 is 1.06 bits per heavy atom. The monoisotopic (exact) mass is 466 g/mol. The van der Waals surface area contributed by atoms with Crippen molar-refractivity contribution in [1.29, 1.82) is 0 Å². The van der Waals surface area contributed by atoms with Gasteiger partial charge in [0.2, 0.25) is 11.8 Å². The summed E-state index contributed by atoms with van der Waals surface area (Å²) in [7, 11) is 0. The molecule has 5 rings (SSSR count). The number of nitrogens with zero attached hydrogens (tertiary/aromatic N) is 4. The first-order valence-corrected chi connectivity index (χ1v) is 12.4. The van der Waals surface area contributed by atoms with E-state index in [9.17, 15) is 9.59 Å². The highest BCUT2D eigenvalue weighted by Gasteiger charge is 2.21. The minimum atomic E-state index is -0.140. The highest BCUT2D eigenvalue weighted by atomic mass is 32.2. The molecule has 8 nitrogen and oxygen atoms in total. The standard InChI is InChI=1S/C22H22N6O2S2/c1-2-17(29)24-13-7-9-14(10-8-13)25-18(30)11-31-22-27-26-20-19-15-5-3-4-6-16(15)32-21(19)23-12-28(20)22/h7-10,12H,2-6,11H2,1H3,(H,24,29)(H,25,30). The summed E-state index contributed by atoms with van der Waals surface area (Å²) in [5.74, 6) is 0.0158. The minimum absolute atomic E-state index is 0.0477. The van der Waals surface area contributed by atoms with Crippen LogP contribution in [0.3, 0.4) is 0 Å². The van der Waals surface area contributed by atoms with Crippen LogP contribution in [0, 0.1) is 0 Å². The molecule has 32 heavy (non-hydrogen) atoms. The molecular formula is C22H22N6O2S2. The lowest BCUT2D eigenvalue weighted by Crippen LogP contribution is -2.14. The van der Waals surface area contributed by atoms with Crippen molar-refractivity contribution in [2.45, 2.75) is 44.2 Å². The maximum atomic E-state index is 12.4. The average Bonchev–Trinajstić information content (AvgIpc) is 3.39. The van der Waals surface area contributed by atoms with Crippen LogP contribution in [0.15, 0.2) is 35.7 Å². The number of thioether (sulfide) groups is 1. The molecule has 0 atom stereocenters. The molecule has 0 spiro atoms. The van der Waals surface area contributed by atoms with Gasteiger partial charge in [-0.3, -0.25) is 14.0 Å². The Balaban J connectivity index is 1.27. The number of carbonyl (C=O) groups excluding carboxylic acids is 2. The van der Waals surface area contributed by atoms with Gasteiger partial charge in [-0.2, -0.15) is 0 Å². The van der Waals surface area contributed by atoms with Crippen LogP contribution in [-0.2, 0) is 22.4 Å². The van der Waals surface area contributed by atoms with Crippen LogP contribution < -0.4 is 10.6 Å². The molecule has 10 heteroatoms. The molecule has 2 N–H and O–H groups in total. The third-order valence-corrected chi connectivity index (χ3v) is 7.58. The molecule has 0 radical (unpaired) electrons. The molecule has 0 saturated carbocycles. The number of aryl methyl sites for hydroxylation is 2. The zero-order chi connectivity index (χ0) is 22.1. The second-order valence-corrected chi connectivity index (χ2v) is 9.65. The van der Waals surface area contributed by atoms with Crippen LogP contribution >= 0.6 is 23.1 Å². The molecule has 3 heterocycles. The van der Waals surface area contributed by atoms with Crippen LogP contribution in [0.2, 0.25) is 0 Å². The van der Waals surface area contributed by atoms with E-state index in [1.807, 2.05) is 4.40 Å². The first kappa shape index (κ1) is 20.9. The van der Waals surface area contributed by atoms with E-state index >= 15 is 0 Å². The molecule has 0 bridgehead atoms. The third-order valence-electron chi connectivity index (χ3n) is 5.44. The molecule has 0 saturated heterocycles. The lowest BCUT2D eigenvalue weighted by Gasteiger charge is -2.10. The summed E-state index contributed by atoms with van der Waals surface area (Å²) < 4.78 is 1.88. The highest BCUT2D eigenvalue weighted by molar-refractivity contribution is 7.99. The van der Waals surface area contributed by atoms with Gasteiger partial charge in [-0.25, -0.2) is 4.98 Å². The fourth-order valence-corrected chi connectivity index (χ4v) is 5.77. The summed E-state index contributed by atoms with van der Waals surface area (Å²) in [5, 5.41) is 16.2. The van der Waals surface area contributed by atoms with E-state index in [1.165, 1.54) is 35.0 Å². The Morgan fingerprint density at radius 3 is 2.53 bits per heavy atom. The number of nitrogens with one attached hydrogen (secondary N) is 2. The summed E-state index contributed by atoms with van der Waals surface area (Å²) in [6, 6.07) is 7.06. The van der Waals surface area contributed by atoms with Crippen LogP contribution in [0.1, 0.15) is 36.6 Å². The number of aromatic nitrogens is 4. The number of benzene rings is 1.